The van der Waals surface area contributed by atoms with Crippen LogP contribution in [-0.2, 0) is 24.2 Å². The Morgan fingerprint density at radius 2 is 2.24 bits per heavy atom. The summed E-state index contributed by atoms with van der Waals surface area (Å²) in [6.07, 6.45) is 2.76. The molecule has 25 heavy (non-hydrogen) atoms. The summed E-state index contributed by atoms with van der Waals surface area (Å²) in [4.78, 5) is 24.4. The van der Waals surface area contributed by atoms with Crippen LogP contribution < -0.4 is 15.6 Å². The van der Waals surface area contributed by atoms with Gasteiger partial charge in [0.15, 0.2) is 0 Å². The molecule has 132 valence electrons. The Hall–Kier alpha value is -2.34. The highest BCUT2D eigenvalue weighted by molar-refractivity contribution is 6.32. The number of hydrogen-bond donors (Lipinski definition) is 1. The molecule has 0 radical (unpaired) electrons. The van der Waals surface area contributed by atoms with Crippen molar-refractivity contribution in [1.82, 2.24) is 9.78 Å². The number of carbonyl (C=O) groups is 1. The van der Waals surface area contributed by atoms with Crippen molar-refractivity contribution < 1.29 is 9.53 Å². The molecule has 1 aromatic heterocycles. The van der Waals surface area contributed by atoms with Crippen LogP contribution in [0.1, 0.15) is 24.6 Å². The minimum atomic E-state index is -0.333. The summed E-state index contributed by atoms with van der Waals surface area (Å²) in [7, 11) is 1.52. The zero-order chi connectivity index (χ0) is 18.0. The topological polar surface area (TPSA) is 73.2 Å². The van der Waals surface area contributed by atoms with Gasteiger partial charge in [-0.1, -0.05) is 18.5 Å². The second kappa shape index (κ2) is 7.27. The van der Waals surface area contributed by atoms with E-state index < -0.39 is 0 Å². The molecule has 7 heteroatoms. The standard InChI is InChI=1S/C18H20ClN3O3/c1-11-3-5-15-12(7-11)8-18(24)22(21-15)10-17(23)20-13-4-6-16(25-2)14(19)9-13/h4,6,8-9,11H,3,5,7,10H2,1-2H3,(H,20,23)/t11-/m1/s1. The first-order chi connectivity index (χ1) is 12.0. The molecule has 0 unspecified atom stereocenters. The maximum Gasteiger partial charge on any atom is 0.267 e. The number of anilines is 1. The van der Waals surface area contributed by atoms with Crippen molar-refractivity contribution in [3.05, 3.63) is 50.9 Å². The Balaban J connectivity index is 1.73. The highest BCUT2D eigenvalue weighted by Gasteiger charge is 2.19. The number of halogens is 1. The SMILES string of the molecule is COc1ccc(NC(=O)Cn2nc3c(cc2=O)C[C@H](C)CC3)cc1Cl. The third kappa shape index (κ3) is 4.02. The van der Waals surface area contributed by atoms with Gasteiger partial charge in [0.2, 0.25) is 5.91 Å². The van der Waals surface area contributed by atoms with Gasteiger partial charge in [0.05, 0.1) is 17.8 Å². The van der Waals surface area contributed by atoms with E-state index in [9.17, 15) is 9.59 Å². The van der Waals surface area contributed by atoms with Crippen LogP contribution in [0.5, 0.6) is 5.75 Å². The average Bonchev–Trinajstić information content (AvgIpc) is 2.56. The molecule has 1 N–H and O–H groups in total. The van der Waals surface area contributed by atoms with Crippen molar-refractivity contribution >= 4 is 23.2 Å². The third-order valence-corrected chi connectivity index (χ3v) is 4.63. The molecular formula is C18H20ClN3O3. The Bertz CT molecular complexity index is 863. The lowest BCUT2D eigenvalue weighted by Gasteiger charge is -2.20. The van der Waals surface area contributed by atoms with E-state index in [4.69, 9.17) is 16.3 Å². The maximum absolute atomic E-state index is 12.2. The molecule has 1 aliphatic rings. The lowest BCUT2D eigenvalue weighted by atomic mass is 9.88. The highest BCUT2D eigenvalue weighted by atomic mass is 35.5. The van der Waals surface area contributed by atoms with Crippen LogP contribution in [0.2, 0.25) is 5.02 Å². The zero-order valence-corrected chi connectivity index (χ0v) is 15.0. The van der Waals surface area contributed by atoms with E-state index >= 15 is 0 Å². The van der Waals surface area contributed by atoms with Crippen LogP contribution in [0.15, 0.2) is 29.1 Å². The van der Waals surface area contributed by atoms with Gasteiger partial charge >= 0.3 is 0 Å². The minimum absolute atomic E-state index is 0.134. The Morgan fingerprint density at radius 3 is 2.96 bits per heavy atom. The molecule has 0 saturated heterocycles. The number of hydrogen-bond acceptors (Lipinski definition) is 4. The lowest BCUT2D eigenvalue weighted by molar-refractivity contribution is -0.117. The number of amides is 1. The Kier molecular flexibility index (Phi) is 5.08. The molecule has 2 aromatic rings. The normalized spacial score (nSPS) is 16.2. The van der Waals surface area contributed by atoms with E-state index in [-0.39, 0.29) is 18.0 Å². The number of methoxy groups -OCH3 is 1. The summed E-state index contributed by atoms with van der Waals surface area (Å²) in [6.45, 7) is 2.03. The van der Waals surface area contributed by atoms with Crippen molar-refractivity contribution in [2.24, 2.45) is 5.92 Å². The number of aromatic nitrogens is 2. The first-order valence-electron chi connectivity index (χ1n) is 8.19. The molecule has 0 aliphatic heterocycles. The van der Waals surface area contributed by atoms with Gasteiger partial charge in [-0.2, -0.15) is 5.10 Å². The summed E-state index contributed by atoms with van der Waals surface area (Å²) in [5.41, 5.74) is 2.20. The number of nitrogens with one attached hydrogen (secondary N) is 1. The second-order valence-electron chi connectivity index (χ2n) is 6.36. The second-order valence-corrected chi connectivity index (χ2v) is 6.76. The summed E-state index contributed by atoms with van der Waals surface area (Å²) >= 11 is 6.05. The summed E-state index contributed by atoms with van der Waals surface area (Å²) < 4.78 is 6.29. The minimum Gasteiger partial charge on any atom is -0.495 e. The van der Waals surface area contributed by atoms with Crippen molar-refractivity contribution in [3.8, 4) is 5.75 Å². The number of nitrogens with zero attached hydrogens (tertiary/aromatic N) is 2. The summed E-state index contributed by atoms with van der Waals surface area (Å²) in [5.74, 6) is 0.758. The van der Waals surface area contributed by atoms with E-state index in [1.54, 1.807) is 24.3 Å². The molecule has 0 saturated carbocycles. The monoisotopic (exact) mass is 361 g/mol. The van der Waals surface area contributed by atoms with Crippen molar-refractivity contribution in [1.29, 1.82) is 0 Å². The number of aryl methyl sites for hydroxylation is 1. The van der Waals surface area contributed by atoms with Gasteiger partial charge in [-0.15, -0.1) is 0 Å². The Morgan fingerprint density at radius 1 is 1.44 bits per heavy atom. The van der Waals surface area contributed by atoms with Gasteiger partial charge in [-0.3, -0.25) is 9.59 Å². The van der Waals surface area contributed by atoms with E-state index in [0.29, 0.717) is 22.4 Å². The number of carbonyl (C=O) groups excluding carboxylic acids is 1. The highest BCUT2D eigenvalue weighted by Crippen LogP contribution is 2.27. The quantitative estimate of drug-likeness (QED) is 0.908. The number of rotatable bonds is 4. The molecule has 0 bridgehead atoms. The fourth-order valence-corrected chi connectivity index (χ4v) is 3.27. The molecule has 1 amide bonds. The largest absolute Gasteiger partial charge is 0.495 e. The maximum atomic E-state index is 12.2. The molecule has 0 fully saturated rings. The van der Waals surface area contributed by atoms with Crippen molar-refractivity contribution in [3.63, 3.8) is 0 Å². The molecule has 1 atom stereocenters. The van der Waals surface area contributed by atoms with Crippen molar-refractivity contribution in [2.75, 3.05) is 12.4 Å². The van der Waals surface area contributed by atoms with E-state index in [2.05, 4.69) is 17.3 Å². The van der Waals surface area contributed by atoms with E-state index in [1.165, 1.54) is 11.8 Å². The van der Waals surface area contributed by atoms with Crippen LogP contribution in [0, 0.1) is 5.92 Å². The molecule has 1 heterocycles. The fraction of sp³-hybridized carbons (Fsp3) is 0.389. The number of benzene rings is 1. The van der Waals surface area contributed by atoms with Gasteiger partial charge in [0.1, 0.15) is 12.3 Å². The van der Waals surface area contributed by atoms with E-state index in [1.807, 2.05) is 0 Å². The first-order valence-corrected chi connectivity index (χ1v) is 8.57. The predicted molar refractivity (Wildman–Crippen MR) is 96.3 cm³/mol. The number of ether oxygens (including phenoxy) is 1. The zero-order valence-electron chi connectivity index (χ0n) is 14.2. The van der Waals surface area contributed by atoms with Crippen molar-refractivity contribution in [2.45, 2.75) is 32.7 Å². The first kappa shape index (κ1) is 17.5. The van der Waals surface area contributed by atoms with Gasteiger partial charge in [0, 0.05) is 11.8 Å². The lowest BCUT2D eigenvalue weighted by Crippen LogP contribution is -2.32. The fourth-order valence-electron chi connectivity index (χ4n) is 3.01. The smallest absolute Gasteiger partial charge is 0.267 e. The van der Waals surface area contributed by atoms with Gasteiger partial charge in [0.25, 0.3) is 5.56 Å². The van der Waals surface area contributed by atoms with E-state index in [0.717, 1.165) is 30.5 Å². The van der Waals surface area contributed by atoms with Crippen LogP contribution >= 0.6 is 11.6 Å². The third-order valence-electron chi connectivity index (χ3n) is 4.34. The van der Waals surface area contributed by atoms with Gasteiger partial charge < -0.3 is 10.1 Å². The molecular weight excluding hydrogens is 342 g/mol. The van der Waals surface area contributed by atoms with Crippen LogP contribution in [0.25, 0.3) is 0 Å². The predicted octanol–water partition coefficient (Wildman–Crippen LogP) is 2.67. The van der Waals surface area contributed by atoms with Crippen LogP contribution in [0.3, 0.4) is 0 Å². The average molecular weight is 362 g/mol. The molecule has 1 aromatic carbocycles. The van der Waals surface area contributed by atoms with Crippen LogP contribution in [-0.4, -0.2) is 22.8 Å². The number of fused-ring (bicyclic) bond motifs is 1. The molecule has 0 spiro atoms. The van der Waals surface area contributed by atoms with Gasteiger partial charge in [-0.05, 0) is 48.9 Å². The molecule has 1 aliphatic carbocycles. The van der Waals surface area contributed by atoms with Gasteiger partial charge in [-0.25, -0.2) is 4.68 Å². The summed E-state index contributed by atoms with van der Waals surface area (Å²) in [6, 6.07) is 6.56. The molecule has 6 nitrogen and oxygen atoms in total. The Labute approximate surface area is 150 Å². The summed E-state index contributed by atoms with van der Waals surface area (Å²) in [5, 5.41) is 7.49. The molecule has 3 rings (SSSR count). The van der Waals surface area contributed by atoms with Crippen LogP contribution in [0.4, 0.5) is 5.69 Å².